The molecule has 0 atom stereocenters. The van der Waals surface area contributed by atoms with Crippen LogP contribution in [-0.2, 0) is 13.0 Å². The van der Waals surface area contributed by atoms with Crippen molar-refractivity contribution in [2.24, 2.45) is 5.73 Å². The van der Waals surface area contributed by atoms with Crippen molar-refractivity contribution in [2.75, 3.05) is 11.9 Å². The van der Waals surface area contributed by atoms with E-state index in [-0.39, 0.29) is 0 Å². The van der Waals surface area contributed by atoms with Gasteiger partial charge in [0.15, 0.2) is 0 Å². The van der Waals surface area contributed by atoms with E-state index in [1.165, 1.54) is 11.3 Å². The van der Waals surface area contributed by atoms with Gasteiger partial charge in [-0.05, 0) is 44.0 Å². The zero-order valence-corrected chi connectivity index (χ0v) is 12.8. The minimum absolute atomic E-state index is 0.506. The number of hydrogen-bond donors (Lipinski definition) is 1. The Morgan fingerprint density at radius 1 is 1.15 bits per heavy atom. The van der Waals surface area contributed by atoms with Gasteiger partial charge in [-0.3, -0.25) is 4.98 Å². The van der Waals surface area contributed by atoms with Crippen LogP contribution in [-0.4, -0.2) is 12.0 Å². The molecule has 1 aromatic carbocycles. The summed E-state index contributed by atoms with van der Waals surface area (Å²) in [6.45, 7) is 6.71. The molecule has 0 spiro atoms. The summed E-state index contributed by atoms with van der Waals surface area (Å²) < 4.78 is 0. The molecule has 0 saturated carbocycles. The molecule has 0 aliphatic rings. The van der Waals surface area contributed by atoms with Crippen LogP contribution < -0.4 is 10.6 Å². The molecule has 0 unspecified atom stereocenters. The Bertz CT molecular complexity index is 588. The predicted octanol–water partition coefficient (Wildman–Crippen LogP) is 3.49. The molecule has 106 valence electrons. The van der Waals surface area contributed by atoms with Gasteiger partial charge in [0, 0.05) is 41.9 Å². The molecular formula is C17H23N3. The monoisotopic (exact) mass is 269 g/mol. The van der Waals surface area contributed by atoms with Gasteiger partial charge in [0.05, 0.1) is 0 Å². The van der Waals surface area contributed by atoms with Crippen LogP contribution >= 0.6 is 0 Å². The lowest BCUT2D eigenvalue weighted by Gasteiger charge is -2.24. The maximum absolute atomic E-state index is 5.90. The Morgan fingerprint density at radius 3 is 2.35 bits per heavy atom. The van der Waals surface area contributed by atoms with Crippen molar-refractivity contribution >= 4 is 11.4 Å². The summed E-state index contributed by atoms with van der Waals surface area (Å²) in [6, 6.07) is 10.8. The van der Waals surface area contributed by atoms with Gasteiger partial charge in [0.25, 0.3) is 0 Å². The van der Waals surface area contributed by atoms with Crippen molar-refractivity contribution in [1.82, 2.24) is 4.98 Å². The lowest BCUT2D eigenvalue weighted by atomic mass is 10.1. The van der Waals surface area contributed by atoms with Crippen LogP contribution in [0.25, 0.3) is 0 Å². The summed E-state index contributed by atoms with van der Waals surface area (Å²) in [5.41, 5.74) is 12.7. The van der Waals surface area contributed by atoms with Crippen molar-refractivity contribution < 1.29 is 0 Å². The molecule has 3 heteroatoms. The highest BCUT2D eigenvalue weighted by Crippen LogP contribution is 2.29. The first-order chi connectivity index (χ1) is 9.56. The number of hydrogen-bond acceptors (Lipinski definition) is 3. The second-order valence-corrected chi connectivity index (χ2v) is 5.13. The summed E-state index contributed by atoms with van der Waals surface area (Å²) in [5, 5.41) is 0. The molecule has 0 radical (unpaired) electrons. The topological polar surface area (TPSA) is 42.2 Å². The number of nitrogens with two attached hydrogens (primary N) is 1. The quantitative estimate of drug-likeness (QED) is 0.924. The van der Waals surface area contributed by atoms with Crippen molar-refractivity contribution in [1.29, 1.82) is 0 Å². The van der Waals surface area contributed by atoms with Crippen molar-refractivity contribution in [3.63, 3.8) is 0 Å². The molecule has 2 N–H and O–H groups in total. The number of aryl methyl sites for hydroxylation is 3. The van der Waals surface area contributed by atoms with E-state index in [9.17, 15) is 0 Å². The fraction of sp³-hybridized carbons (Fsp3) is 0.353. The highest BCUT2D eigenvalue weighted by atomic mass is 15.1. The van der Waals surface area contributed by atoms with Gasteiger partial charge in [0.2, 0.25) is 0 Å². The minimum Gasteiger partial charge on any atom is -0.344 e. The van der Waals surface area contributed by atoms with Crippen LogP contribution in [0.2, 0.25) is 0 Å². The molecule has 2 rings (SSSR count). The maximum atomic E-state index is 5.90. The molecule has 0 aliphatic carbocycles. The zero-order valence-electron chi connectivity index (χ0n) is 12.8. The zero-order chi connectivity index (χ0) is 14.7. The van der Waals surface area contributed by atoms with Gasteiger partial charge < -0.3 is 10.6 Å². The Balaban J connectivity index is 2.43. The number of aromatic nitrogens is 1. The summed E-state index contributed by atoms with van der Waals surface area (Å²) in [5.74, 6) is 0. The maximum Gasteiger partial charge on any atom is 0.0490 e. The van der Waals surface area contributed by atoms with E-state index in [2.05, 4.69) is 54.2 Å². The average Bonchev–Trinajstić information content (AvgIpc) is 2.46. The van der Waals surface area contributed by atoms with Gasteiger partial charge in [-0.15, -0.1) is 0 Å². The minimum atomic E-state index is 0.506. The molecule has 1 heterocycles. The molecule has 0 aliphatic heterocycles. The first-order valence-electron chi connectivity index (χ1n) is 7.06. The smallest absolute Gasteiger partial charge is 0.0490 e. The molecule has 0 amide bonds. The number of benzene rings is 1. The first kappa shape index (κ1) is 14.5. The van der Waals surface area contributed by atoms with Gasteiger partial charge >= 0.3 is 0 Å². The second-order valence-electron chi connectivity index (χ2n) is 5.13. The Hall–Kier alpha value is -1.87. The molecule has 0 bridgehead atoms. The molecule has 3 nitrogen and oxygen atoms in total. The molecule has 0 fully saturated rings. The van der Waals surface area contributed by atoms with Gasteiger partial charge in [-0.25, -0.2) is 0 Å². The lowest BCUT2D eigenvalue weighted by molar-refractivity contribution is 0.973. The number of rotatable bonds is 4. The van der Waals surface area contributed by atoms with E-state index >= 15 is 0 Å². The molecule has 20 heavy (non-hydrogen) atoms. The third kappa shape index (κ3) is 2.83. The van der Waals surface area contributed by atoms with E-state index < -0.39 is 0 Å². The highest BCUT2D eigenvalue weighted by molar-refractivity contribution is 5.67. The molecule has 0 saturated heterocycles. The van der Waals surface area contributed by atoms with Crippen molar-refractivity contribution in [2.45, 2.75) is 33.7 Å². The van der Waals surface area contributed by atoms with Crippen LogP contribution in [0.4, 0.5) is 11.4 Å². The summed E-state index contributed by atoms with van der Waals surface area (Å²) in [6.07, 6.45) is 1.06. The van der Waals surface area contributed by atoms with E-state index in [1.54, 1.807) is 0 Å². The van der Waals surface area contributed by atoms with Crippen LogP contribution in [0.1, 0.15) is 29.4 Å². The second kappa shape index (κ2) is 6.06. The highest BCUT2D eigenvalue weighted by Gasteiger charge is 2.12. The van der Waals surface area contributed by atoms with E-state index in [0.717, 1.165) is 29.1 Å². The Labute approximate surface area is 121 Å². The van der Waals surface area contributed by atoms with Crippen molar-refractivity contribution in [3.8, 4) is 0 Å². The fourth-order valence-electron chi connectivity index (χ4n) is 2.48. The third-order valence-electron chi connectivity index (χ3n) is 3.73. The lowest BCUT2D eigenvalue weighted by Crippen LogP contribution is -2.15. The summed E-state index contributed by atoms with van der Waals surface area (Å²) in [4.78, 5) is 6.69. The molecule has 1 aromatic heterocycles. The Morgan fingerprint density at radius 2 is 1.80 bits per heavy atom. The number of anilines is 2. The summed E-state index contributed by atoms with van der Waals surface area (Å²) >= 11 is 0. The molecule has 2 aromatic rings. The van der Waals surface area contributed by atoms with Crippen LogP contribution in [0.5, 0.6) is 0 Å². The van der Waals surface area contributed by atoms with Gasteiger partial charge in [0.1, 0.15) is 0 Å². The van der Waals surface area contributed by atoms with Gasteiger partial charge in [-0.1, -0.05) is 19.1 Å². The van der Waals surface area contributed by atoms with Crippen LogP contribution in [0.15, 0.2) is 30.3 Å². The van der Waals surface area contributed by atoms with E-state index in [0.29, 0.717) is 6.54 Å². The van der Waals surface area contributed by atoms with Gasteiger partial charge in [-0.2, -0.15) is 0 Å². The summed E-state index contributed by atoms with van der Waals surface area (Å²) in [7, 11) is 2.08. The van der Waals surface area contributed by atoms with Crippen LogP contribution in [0.3, 0.4) is 0 Å². The fourth-order valence-corrected chi connectivity index (χ4v) is 2.48. The normalized spacial score (nSPS) is 10.7. The SMILES string of the molecule is CCc1ccc(N(C)c2cc(C)nc(C)c2CN)cc1. The number of nitrogens with zero attached hydrogens (tertiary/aromatic N) is 2. The molecular weight excluding hydrogens is 246 g/mol. The third-order valence-corrected chi connectivity index (χ3v) is 3.73. The van der Waals surface area contributed by atoms with Crippen molar-refractivity contribution in [3.05, 3.63) is 52.8 Å². The Kier molecular flexibility index (Phi) is 4.40. The van der Waals surface area contributed by atoms with E-state index in [1.807, 2.05) is 13.8 Å². The standard InChI is InChI=1S/C17H23N3/c1-5-14-6-8-15(9-7-14)20(4)17-10-12(2)19-13(3)16(17)11-18/h6-10H,5,11,18H2,1-4H3. The first-order valence-corrected chi connectivity index (χ1v) is 7.06. The number of pyridine rings is 1. The van der Waals surface area contributed by atoms with Crippen LogP contribution in [0, 0.1) is 13.8 Å². The van der Waals surface area contributed by atoms with E-state index in [4.69, 9.17) is 5.73 Å². The predicted molar refractivity (Wildman–Crippen MR) is 85.5 cm³/mol. The largest absolute Gasteiger partial charge is 0.344 e. The average molecular weight is 269 g/mol.